The first kappa shape index (κ1) is 16.9. The van der Waals surface area contributed by atoms with Crippen LogP contribution in [0.2, 0.25) is 0 Å². The molecule has 1 aliphatic heterocycles. The second kappa shape index (κ2) is 6.17. The molecule has 1 atom stereocenters. The van der Waals surface area contributed by atoms with E-state index in [1.807, 2.05) is 11.3 Å². The highest BCUT2D eigenvalue weighted by Gasteiger charge is 2.52. The fraction of sp³-hybridized carbons (Fsp3) is 0.320. The Hall–Kier alpha value is -2.19. The first-order valence-electron chi connectivity index (χ1n) is 10.2. The van der Waals surface area contributed by atoms with E-state index in [-0.39, 0.29) is 5.54 Å². The van der Waals surface area contributed by atoms with Gasteiger partial charge >= 0.3 is 0 Å². The quantitative estimate of drug-likeness (QED) is 0.340. The van der Waals surface area contributed by atoms with Crippen LogP contribution in [0.5, 0.6) is 0 Å². The second-order valence-corrected chi connectivity index (χ2v) is 8.79. The van der Waals surface area contributed by atoms with Crippen LogP contribution in [0, 0.1) is 0 Å². The van der Waals surface area contributed by atoms with E-state index in [1.54, 1.807) is 5.56 Å². The van der Waals surface area contributed by atoms with E-state index < -0.39 is 0 Å². The molecule has 0 bridgehead atoms. The molecule has 2 aromatic carbocycles. The monoisotopic (exact) mass is 372 g/mol. The summed E-state index contributed by atoms with van der Waals surface area (Å²) in [7, 11) is 0. The second-order valence-electron chi connectivity index (χ2n) is 7.73. The molecule has 0 aliphatic carbocycles. The van der Waals surface area contributed by atoms with Gasteiger partial charge in [0.2, 0.25) is 5.69 Å². The Morgan fingerprint density at radius 3 is 2.33 bits per heavy atom. The average molecular weight is 373 g/mol. The summed E-state index contributed by atoms with van der Waals surface area (Å²) in [5, 5.41) is 4.19. The predicted octanol–water partition coefficient (Wildman–Crippen LogP) is 7.03. The largest absolute Gasteiger partial charge is 0.231 e. The molecule has 0 amide bonds. The summed E-state index contributed by atoms with van der Waals surface area (Å²) in [5.74, 6) is 0.553. The van der Waals surface area contributed by atoms with Crippen molar-refractivity contribution in [2.24, 2.45) is 0 Å². The fourth-order valence-electron chi connectivity index (χ4n) is 5.51. The van der Waals surface area contributed by atoms with Crippen molar-refractivity contribution in [2.45, 2.75) is 51.5 Å². The summed E-state index contributed by atoms with van der Waals surface area (Å²) >= 11 is 1.98. The van der Waals surface area contributed by atoms with E-state index in [9.17, 15) is 0 Å². The number of benzene rings is 2. The summed E-state index contributed by atoms with van der Waals surface area (Å²) in [4.78, 5) is 1.48. The Balaban J connectivity index is 2.00. The lowest BCUT2D eigenvalue weighted by Gasteiger charge is -2.39. The lowest BCUT2D eigenvalue weighted by molar-refractivity contribution is -0.761. The van der Waals surface area contributed by atoms with Crippen LogP contribution in [0.25, 0.3) is 31.4 Å². The molecule has 4 aromatic rings. The molecule has 136 valence electrons. The van der Waals surface area contributed by atoms with Gasteiger partial charge in [-0.15, -0.1) is 11.3 Å². The fourth-order valence-corrected chi connectivity index (χ4v) is 6.83. The van der Waals surface area contributed by atoms with Crippen LogP contribution in [0.4, 0.5) is 0 Å². The molecular formula is C25H26NS+. The molecule has 0 saturated heterocycles. The Bertz CT molecular complexity index is 1150. The number of fused-ring (bicyclic) bond motifs is 7. The molecule has 0 radical (unpaired) electrons. The molecule has 1 aliphatic rings. The van der Waals surface area contributed by atoms with Crippen molar-refractivity contribution >= 4 is 32.2 Å². The van der Waals surface area contributed by atoms with Crippen molar-refractivity contribution < 1.29 is 4.57 Å². The van der Waals surface area contributed by atoms with E-state index in [2.05, 4.69) is 86.1 Å². The maximum atomic E-state index is 2.64. The van der Waals surface area contributed by atoms with Gasteiger partial charge in [0, 0.05) is 23.6 Å². The van der Waals surface area contributed by atoms with Gasteiger partial charge in [0.15, 0.2) is 11.7 Å². The van der Waals surface area contributed by atoms with Crippen molar-refractivity contribution in [1.82, 2.24) is 0 Å². The van der Waals surface area contributed by atoms with E-state index >= 15 is 0 Å². The number of rotatable bonds is 3. The highest BCUT2D eigenvalue weighted by molar-refractivity contribution is 7.22. The molecule has 27 heavy (non-hydrogen) atoms. The zero-order valence-electron chi connectivity index (χ0n) is 16.3. The summed E-state index contributed by atoms with van der Waals surface area (Å²) in [5.41, 5.74) is 3.17. The normalized spacial score (nSPS) is 17.8. The van der Waals surface area contributed by atoms with Gasteiger partial charge < -0.3 is 0 Å². The third-order valence-electron chi connectivity index (χ3n) is 6.82. The SMILES string of the molecule is CCC1c2c(sc3ccccc23)-c2c3ccccc3cc[n+]2C1(CC)CC. The minimum absolute atomic E-state index is 0.144. The molecule has 1 nitrogen and oxygen atoms in total. The molecular weight excluding hydrogens is 346 g/mol. The van der Waals surface area contributed by atoms with Crippen LogP contribution in [0.1, 0.15) is 51.5 Å². The third kappa shape index (κ3) is 2.14. The molecule has 5 rings (SSSR count). The Labute approximate surface area is 165 Å². The summed E-state index contributed by atoms with van der Waals surface area (Å²) in [6.45, 7) is 7.11. The van der Waals surface area contributed by atoms with Gasteiger partial charge in [0.05, 0.1) is 11.3 Å². The van der Waals surface area contributed by atoms with Gasteiger partial charge in [-0.3, -0.25) is 0 Å². The standard InChI is InChI=1S/C25H26NS/c1-4-20-22-19-13-9-10-14-21(19)27-24(22)23-18-12-8-7-11-17(18)15-16-26(23)25(20,5-2)6-3/h7-16,20H,4-6H2,1-3H3/q+1. The first-order chi connectivity index (χ1) is 13.2. The zero-order valence-corrected chi connectivity index (χ0v) is 17.1. The number of aromatic nitrogens is 1. The number of pyridine rings is 1. The number of nitrogens with zero attached hydrogens (tertiary/aromatic N) is 1. The van der Waals surface area contributed by atoms with Crippen LogP contribution in [0.15, 0.2) is 60.8 Å². The van der Waals surface area contributed by atoms with Gasteiger partial charge in [-0.1, -0.05) is 57.2 Å². The van der Waals surface area contributed by atoms with E-state index in [0.29, 0.717) is 5.92 Å². The van der Waals surface area contributed by atoms with Crippen molar-refractivity contribution in [3.8, 4) is 10.6 Å². The molecule has 0 saturated carbocycles. The molecule has 2 aromatic heterocycles. The van der Waals surface area contributed by atoms with Gasteiger partial charge in [-0.05, 0) is 34.9 Å². The molecule has 3 heterocycles. The van der Waals surface area contributed by atoms with Gasteiger partial charge in [0.1, 0.15) is 4.88 Å². The minimum atomic E-state index is 0.144. The maximum absolute atomic E-state index is 2.64. The van der Waals surface area contributed by atoms with Crippen LogP contribution in [-0.2, 0) is 5.54 Å². The van der Waals surface area contributed by atoms with Gasteiger partial charge in [-0.2, -0.15) is 4.57 Å². The predicted molar refractivity (Wildman–Crippen MR) is 117 cm³/mol. The highest BCUT2D eigenvalue weighted by atomic mass is 32.1. The van der Waals surface area contributed by atoms with Crippen LogP contribution >= 0.6 is 11.3 Å². The Kier molecular flexibility index (Phi) is 3.87. The average Bonchev–Trinajstić information content (AvgIpc) is 3.11. The smallest absolute Gasteiger partial charge is 0.191 e. The minimum Gasteiger partial charge on any atom is -0.191 e. The van der Waals surface area contributed by atoms with Crippen molar-refractivity contribution in [2.75, 3.05) is 0 Å². The third-order valence-corrected chi connectivity index (χ3v) is 8.01. The van der Waals surface area contributed by atoms with Crippen molar-refractivity contribution in [3.63, 3.8) is 0 Å². The number of thiophene rings is 1. The molecule has 1 unspecified atom stereocenters. The zero-order chi connectivity index (χ0) is 18.6. The molecule has 0 N–H and O–H groups in total. The van der Waals surface area contributed by atoms with E-state index in [0.717, 1.165) is 12.8 Å². The summed E-state index contributed by atoms with van der Waals surface area (Å²) < 4.78 is 4.06. The van der Waals surface area contributed by atoms with Crippen molar-refractivity contribution in [3.05, 3.63) is 66.4 Å². The van der Waals surface area contributed by atoms with Crippen molar-refractivity contribution in [1.29, 1.82) is 0 Å². The van der Waals surface area contributed by atoms with Crippen LogP contribution in [-0.4, -0.2) is 0 Å². The number of hydrogen-bond acceptors (Lipinski definition) is 1. The van der Waals surface area contributed by atoms with Crippen LogP contribution < -0.4 is 4.57 Å². The molecule has 2 heteroatoms. The Morgan fingerprint density at radius 2 is 1.59 bits per heavy atom. The lowest BCUT2D eigenvalue weighted by Crippen LogP contribution is -2.61. The molecule has 0 spiro atoms. The van der Waals surface area contributed by atoms with Gasteiger partial charge in [0.25, 0.3) is 0 Å². The summed E-state index contributed by atoms with van der Waals surface area (Å²) in [6.07, 6.45) is 5.85. The Morgan fingerprint density at radius 1 is 0.889 bits per heavy atom. The maximum Gasteiger partial charge on any atom is 0.231 e. The summed E-state index contributed by atoms with van der Waals surface area (Å²) in [6, 6.07) is 20.2. The van der Waals surface area contributed by atoms with E-state index in [1.165, 1.54) is 37.9 Å². The topological polar surface area (TPSA) is 3.88 Å². The molecule has 0 fully saturated rings. The van der Waals surface area contributed by atoms with Gasteiger partial charge in [-0.25, -0.2) is 0 Å². The number of hydrogen-bond donors (Lipinski definition) is 0. The highest BCUT2D eigenvalue weighted by Crippen LogP contribution is 2.53. The van der Waals surface area contributed by atoms with Crippen LogP contribution in [0.3, 0.4) is 0 Å². The lowest BCUT2D eigenvalue weighted by atomic mass is 9.70. The van der Waals surface area contributed by atoms with E-state index in [4.69, 9.17) is 0 Å². The first-order valence-corrected chi connectivity index (χ1v) is 11.0.